The number of pyridine rings is 1. The first-order valence-electron chi connectivity index (χ1n) is 5.15. The fourth-order valence-corrected chi connectivity index (χ4v) is 0.798. The maximum atomic E-state index is 4.87. The van der Waals surface area contributed by atoms with Crippen LogP contribution in [-0.2, 0) is 37.4 Å². The van der Waals surface area contributed by atoms with Crippen molar-refractivity contribution in [2.75, 3.05) is 13.7 Å². The molecule has 0 saturated heterocycles. The Morgan fingerprint density at radius 1 is 1.44 bits per heavy atom. The van der Waals surface area contributed by atoms with Crippen LogP contribution in [0.1, 0.15) is 31.5 Å². The molecule has 0 spiro atoms. The van der Waals surface area contributed by atoms with Crippen molar-refractivity contribution in [2.45, 2.75) is 27.2 Å². The summed E-state index contributed by atoms with van der Waals surface area (Å²) in [6.07, 6.45) is 2.51. The predicted molar refractivity (Wildman–Crippen MR) is 62.5 cm³/mol. The van der Waals surface area contributed by atoms with Crippen LogP contribution in [0.5, 0.6) is 0 Å². The second kappa shape index (κ2) is 12.8. The minimum absolute atomic E-state index is 0. The molecule has 1 heterocycles. The smallest absolute Gasteiger partial charge is 0.0571 e. The first-order valence-corrected chi connectivity index (χ1v) is 5.15. The molecule has 1 rings (SSSR count). The van der Waals surface area contributed by atoms with Gasteiger partial charge in [0.25, 0.3) is 0 Å². The summed E-state index contributed by atoms with van der Waals surface area (Å²) in [5, 5.41) is 0. The Morgan fingerprint density at radius 3 is 2.62 bits per heavy atom. The zero-order valence-corrected chi connectivity index (χ0v) is 13.3. The molecule has 1 aromatic heterocycles. The standard InChI is InChI=1S/C11H12NO.C2H6.Y/c1-10-6-7-11(12-9-10)5-3-4-8-13-2;1-2;/h7,9H,4,8H2,1-2H3;1-2H3;/q-1;;. The number of aromatic nitrogens is 1. The van der Waals surface area contributed by atoms with Crippen molar-refractivity contribution in [2.24, 2.45) is 0 Å². The molecule has 0 unspecified atom stereocenters. The summed E-state index contributed by atoms with van der Waals surface area (Å²) in [7, 11) is 1.67. The Bertz CT molecular complexity index is 311. The Morgan fingerprint density at radius 2 is 2.12 bits per heavy atom. The molecule has 0 amide bonds. The van der Waals surface area contributed by atoms with E-state index in [1.54, 1.807) is 19.4 Å². The molecule has 1 aromatic rings. The van der Waals surface area contributed by atoms with Gasteiger partial charge in [-0.1, -0.05) is 27.0 Å². The molecule has 0 fully saturated rings. The third-order valence-electron chi connectivity index (χ3n) is 1.48. The molecule has 16 heavy (non-hydrogen) atoms. The first kappa shape index (κ1) is 18.1. The Kier molecular flexibility index (Phi) is 14.6. The number of ether oxygens (including phenoxy) is 1. The van der Waals surface area contributed by atoms with Gasteiger partial charge in [-0.15, -0.1) is 23.5 Å². The van der Waals surface area contributed by atoms with Crippen molar-refractivity contribution >= 4 is 0 Å². The summed E-state index contributed by atoms with van der Waals surface area (Å²) in [4.78, 5) is 4.13. The third-order valence-corrected chi connectivity index (χ3v) is 1.48. The topological polar surface area (TPSA) is 22.1 Å². The Hall–Kier alpha value is -0.226. The molecule has 0 aliphatic carbocycles. The Balaban J connectivity index is 0. The quantitative estimate of drug-likeness (QED) is 0.475. The first-order chi connectivity index (χ1) is 7.33. The zero-order valence-electron chi connectivity index (χ0n) is 10.5. The van der Waals surface area contributed by atoms with E-state index in [1.807, 2.05) is 20.8 Å². The van der Waals surface area contributed by atoms with Crippen molar-refractivity contribution < 1.29 is 37.4 Å². The van der Waals surface area contributed by atoms with Crippen LogP contribution in [0.4, 0.5) is 0 Å². The summed E-state index contributed by atoms with van der Waals surface area (Å²) < 4.78 is 4.87. The largest absolute Gasteiger partial charge is 0.384 e. The van der Waals surface area contributed by atoms with Gasteiger partial charge in [0.2, 0.25) is 0 Å². The van der Waals surface area contributed by atoms with Crippen molar-refractivity contribution in [1.82, 2.24) is 4.98 Å². The average molecular weight is 293 g/mol. The SMILES string of the molecule is CC.COCCC#Cc1c[c-]c(C)cn1.[Y]. The van der Waals surface area contributed by atoms with E-state index in [0.717, 1.165) is 17.7 Å². The second-order valence-electron chi connectivity index (χ2n) is 2.66. The molecule has 0 aliphatic heterocycles. The molecule has 0 atom stereocenters. The monoisotopic (exact) mass is 293 g/mol. The van der Waals surface area contributed by atoms with Crippen LogP contribution in [0, 0.1) is 24.8 Å². The fourth-order valence-electron chi connectivity index (χ4n) is 0.798. The Labute approximate surface area is 124 Å². The van der Waals surface area contributed by atoms with Gasteiger partial charge < -0.3 is 9.72 Å². The van der Waals surface area contributed by atoms with Gasteiger partial charge in [-0.25, -0.2) is 0 Å². The number of hydrogen-bond donors (Lipinski definition) is 0. The van der Waals surface area contributed by atoms with Crippen LogP contribution in [-0.4, -0.2) is 18.7 Å². The molecular formula is C13H18NOY-. The molecule has 0 saturated carbocycles. The van der Waals surface area contributed by atoms with Gasteiger partial charge in [-0.05, 0) is 5.69 Å². The minimum atomic E-state index is 0. The van der Waals surface area contributed by atoms with Crippen molar-refractivity contribution in [3.8, 4) is 11.8 Å². The van der Waals surface area contributed by atoms with Gasteiger partial charge in [-0.2, -0.15) is 6.07 Å². The van der Waals surface area contributed by atoms with E-state index in [1.165, 1.54) is 0 Å². The molecule has 1 radical (unpaired) electrons. The van der Waals surface area contributed by atoms with E-state index in [-0.39, 0.29) is 32.7 Å². The summed E-state index contributed by atoms with van der Waals surface area (Å²) in [5.74, 6) is 5.90. The van der Waals surface area contributed by atoms with Gasteiger partial charge in [0.15, 0.2) is 0 Å². The van der Waals surface area contributed by atoms with Gasteiger partial charge in [0, 0.05) is 46.2 Å². The van der Waals surface area contributed by atoms with E-state index in [4.69, 9.17) is 4.74 Å². The van der Waals surface area contributed by atoms with Crippen LogP contribution in [0.2, 0.25) is 0 Å². The molecule has 0 bridgehead atoms. The van der Waals surface area contributed by atoms with Crippen LogP contribution < -0.4 is 0 Å². The maximum Gasteiger partial charge on any atom is 0.0571 e. The summed E-state index contributed by atoms with van der Waals surface area (Å²) in [5.41, 5.74) is 1.80. The number of methoxy groups -OCH3 is 1. The molecule has 85 valence electrons. The third kappa shape index (κ3) is 9.03. The molecule has 3 heteroatoms. The van der Waals surface area contributed by atoms with E-state index in [0.29, 0.717) is 6.61 Å². The summed E-state index contributed by atoms with van der Waals surface area (Å²) in [6.45, 7) is 6.62. The zero-order chi connectivity index (χ0) is 11.5. The second-order valence-corrected chi connectivity index (χ2v) is 2.66. The number of aryl methyl sites for hydroxylation is 1. The van der Waals surface area contributed by atoms with Crippen LogP contribution >= 0.6 is 0 Å². The van der Waals surface area contributed by atoms with Crippen LogP contribution in [0.3, 0.4) is 0 Å². The van der Waals surface area contributed by atoms with Crippen molar-refractivity contribution in [3.63, 3.8) is 0 Å². The van der Waals surface area contributed by atoms with E-state index >= 15 is 0 Å². The van der Waals surface area contributed by atoms with Gasteiger partial charge in [-0.3, -0.25) is 0 Å². The molecule has 0 aliphatic rings. The van der Waals surface area contributed by atoms with Crippen molar-refractivity contribution in [3.05, 3.63) is 29.6 Å². The maximum absolute atomic E-state index is 4.87. The predicted octanol–water partition coefficient (Wildman–Crippen LogP) is 2.60. The minimum Gasteiger partial charge on any atom is -0.384 e. The normalized spacial score (nSPS) is 7.75. The molecule has 0 N–H and O–H groups in total. The fraction of sp³-hybridized carbons (Fsp3) is 0.462. The van der Waals surface area contributed by atoms with E-state index in [9.17, 15) is 0 Å². The molecule has 2 nitrogen and oxygen atoms in total. The summed E-state index contributed by atoms with van der Waals surface area (Å²) >= 11 is 0. The molecule has 0 aromatic carbocycles. The number of hydrogen-bond acceptors (Lipinski definition) is 2. The van der Waals surface area contributed by atoms with Crippen LogP contribution in [0.25, 0.3) is 0 Å². The van der Waals surface area contributed by atoms with Gasteiger partial charge in [0.05, 0.1) is 6.61 Å². The van der Waals surface area contributed by atoms with Gasteiger partial charge >= 0.3 is 0 Å². The number of rotatable bonds is 2. The van der Waals surface area contributed by atoms with E-state index in [2.05, 4.69) is 22.9 Å². The molecular weight excluding hydrogens is 275 g/mol. The average Bonchev–Trinajstić information content (AvgIpc) is 2.30. The number of nitrogens with zero attached hydrogens (tertiary/aromatic N) is 1. The van der Waals surface area contributed by atoms with Crippen molar-refractivity contribution in [1.29, 1.82) is 0 Å². The summed E-state index contributed by atoms with van der Waals surface area (Å²) in [6, 6.07) is 4.85. The van der Waals surface area contributed by atoms with E-state index < -0.39 is 0 Å². The van der Waals surface area contributed by atoms with Crippen LogP contribution in [0.15, 0.2) is 12.3 Å². The van der Waals surface area contributed by atoms with Gasteiger partial charge in [0.1, 0.15) is 0 Å².